The van der Waals surface area contributed by atoms with Gasteiger partial charge in [-0.3, -0.25) is 0 Å². The standard InChI is InChI=1S/C8H9BF3O.K/c1-2-13-8-6-4-3-5-7(8)9(10,11)12;/h3-6H,2H2,1H3;/q-1;+1. The minimum Gasteiger partial charge on any atom is -0.497 e. The van der Waals surface area contributed by atoms with Gasteiger partial charge in [0.15, 0.2) is 0 Å². The maximum absolute atomic E-state index is 12.4. The molecular formula is C8H9BF3KO. The van der Waals surface area contributed by atoms with E-state index in [4.69, 9.17) is 4.74 Å². The summed E-state index contributed by atoms with van der Waals surface area (Å²) in [7, 11) is 0. The summed E-state index contributed by atoms with van der Waals surface area (Å²) in [4.78, 5) is 0. The van der Waals surface area contributed by atoms with Gasteiger partial charge in [-0.15, -0.1) is 0 Å². The molecule has 1 aromatic carbocycles. The molecule has 0 saturated carbocycles. The van der Waals surface area contributed by atoms with Crippen molar-refractivity contribution in [2.24, 2.45) is 0 Å². The van der Waals surface area contributed by atoms with E-state index in [0.717, 1.165) is 6.07 Å². The van der Waals surface area contributed by atoms with E-state index in [1.165, 1.54) is 18.2 Å². The van der Waals surface area contributed by atoms with E-state index in [-0.39, 0.29) is 63.7 Å². The first-order valence-electron chi connectivity index (χ1n) is 3.97. The van der Waals surface area contributed by atoms with Crippen LogP contribution in [0.3, 0.4) is 0 Å². The van der Waals surface area contributed by atoms with Crippen LogP contribution in [0.5, 0.6) is 5.75 Å². The second-order valence-electron chi connectivity index (χ2n) is 2.55. The van der Waals surface area contributed by atoms with Crippen LogP contribution >= 0.6 is 0 Å². The molecule has 1 rings (SSSR count). The molecule has 0 fully saturated rings. The monoisotopic (exact) mass is 228 g/mol. The SMILES string of the molecule is CCOc1ccccc1[B-](F)(F)F.[K+]. The molecule has 1 aromatic rings. The Balaban J connectivity index is 0.00000169. The Kier molecular flexibility index (Phi) is 6.40. The third-order valence-electron chi connectivity index (χ3n) is 1.57. The van der Waals surface area contributed by atoms with Gasteiger partial charge in [-0.1, -0.05) is 23.7 Å². The average molecular weight is 228 g/mol. The Labute approximate surface area is 123 Å². The summed E-state index contributed by atoms with van der Waals surface area (Å²) in [6, 6.07) is 5.24. The molecule has 0 bridgehead atoms. The zero-order chi connectivity index (χ0) is 9.90. The van der Waals surface area contributed by atoms with E-state index < -0.39 is 12.4 Å². The van der Waals surface area contributed by atoms with Crippen LogP contribution in [0.25, 0.3) is 0 Å². The number of para-hydroxylation sites is 1. The Morgan fingerprint density at radius 1 is 1.21 bits per heavy atom. The fourth-order valence-electron chi connectivity index (χ4n) is 1.04. The minimum absolute atomic E-state index is 0. The van der Waals surface area contributed by atoms with Gasteiger partial charge in [0.1, 0.15) is 0 Å². The smallest absolute Gasteiger partial charge is 0.497 e. The molecule has 0 aliphatic rings. The topological polar surface area (TPSA) is 9.23 Å². The Morgan fingerprint density at radius 2 is 1.79 bits per heavy atom. The van der Waals surface area contributed by atoms with Crippen molar-refractivity contribution in [2.75, 3.05) is 6.61 Å². The molecule has 14 heavy (non-hydrogen) atoms. The molecule has 1 nitrogen and oxygen atoms in total. The number of hydrogen-bond acceptors (Lipinski definition) is 1. The molecule has 0 radical (unpaired) electrons. The predicted molar refractivity (Wildman–Crippen MR) is 46.3 cm³/mol. The van der Waals surface area contributed by atoms with Crippen LogP contribution in [0.15, 0.2) is 24.3 Å². The van der Waals surface area contributed by atoms with Crippen molar-refractivity contribution >= 4 is 12.4 Å². The zero-order valence-corrected chi connectivity index (χ0v) is 11.3. The van der Waals surface area contributed by atoms with Crippen molar-refractivity contribution in [3.63, 3.8) is 0 Å². The van der Waals surface area contributed by atoms with Crippen molar-refractivity contribution < 1.29 is 69.1 Å². The van der Waals surface area contributed by atoms with E-state index in [1.54, 1.807) is 6.92 Å². The van der Waals surface area contributed by atoms with Gasteiger partial charge < -0.3 is 17.7 Å². The van der Waals surface area contributed by atoms with Crippen LogP contribution in [0, 0.1) is 0 Å². The second-order valence-corrected chi connectivity index (χ2v) is 2.55. The van der Waals surface area contributed by atoms with Crippen LogP contribution < -0.4 is 61.6 Å². The van der Waals surface area contributed by atoms with Gasteiger partial charge in [-0.25, -0.2) is 0 Å². The summed E-state index contributed by atoms with van der Waals surface area (Å²) in [5.41, 5.74) is -0.663. The Morgan fingerprint density at radius 3 is 2.29 bits per heavy atom. The summed E-state index contributed by atoms with van der Waals surface area (Å²) in [5, 5.41) is 0. The van der Waals surface area contributed by atoms with Gasteiger partial charge in [0, 0.05) is 0 Å². The first-order chi connectivity index (χ1) is 6.05. The van der Waals surface area contributed by atoms with E-state index in [2.05, 4.69) is 0 Å². The normalized spacial score (nSPS) is 10.6. The van der Waals surface area contributed by atoms with Gasteiger partial charge >= 0.3 is 58.4 Å². The van der Waals surface area contributed by atoms with Crippen molar-refractivity contribution in [3.8, 4) is 5.75 Å². The van der Waals surface area contributed by atoms with Gasteiger partial charge in [-0.05, 0) is 13.0 Å². The van der Waals surface area contributed by atoms with Crippen LogP contribution in [0.4, 0.5) is 12.9 Å². The van der Waals surface area contributed by atoms with Crippen LogP contribution in [-0.2, 0) is 0 Å². The van der Waals surface area contributed by atoms with Gasteiger partial charge in [0.25, 0.3) is 0 Å². The summed E-state index contributed by atoms with van der Waals surface area (Å²) in [5.74, 6) is -0.0856. The third-order valence-corrected chi connectivity index (χ3v) is 1.57. The van der Waals surface area contributed by atoms with Crippen molar-refractivity contribution in [1.82, 2.24) is 0 Å². The van der Waals surface area contributed by atoms with Gasteiger partial charge in [-0.2, -0.15) is 0 Å². The van der Waals surface area contributed by atoms with Crippen LogP contribution in [0.1, 0.15) is 6.92 Å². The minimum atomic E-state index is -4.97. The number of hydrogen-bond donors (Lipinski definition) is 0. The summed E-state index contributed by atoms with van der Waals surface area (Å²) in [6.45, 7) is -3.08. The average Bonchev–Trinajstić information content (AvgIpc) is 2.04. The molecule has 0 aliphatic heterocycles. The van der Waals surface area contributed by atoms with E-state index in [9.17, 15) is 12.9 Å². The number of halogens is 3. The zero-order valence-electron chi connectivity index (χ0n) is 8.14. The molecule has 0 aliphatic carbocycles. The molecular weight excluding hydrogens is 219 g/mol. The van der Waals surface area contributed by atoms with Gasteiger partial charge in [0.05, 0.1) is 12.4 Å². The predicted octanol–water partition coefficient (Wildman–Crippen LogP) is -0.856. The first kappa shape index (κ1) is 14.5. The largest absolute Gasteiger partial charge is 1.00 e. The van der Waals surface area contributed by atoms with Crippen LogP contribution in [0.2, 0.25) is 0 Å². The van der Waals surface area contributed by atoms with Crippen molar-refractivity contribution in [2.45, 2.75) is 6.92 Å². The van der Waals surface area contributed by atoms with Crippen LogP contribution in [-0.4, -0.2) is 13.6 Å². The Hall–Kier alpha value is 0.511. The first-order valence-corrected chi connectivity index (χ1v) is 3.97. The Bertz CT molecular complexity index is 290. The molecule has 0 atom stereocenters. The second kappa shape index (κ2) is 6.17. The molecule has 6 heteroatoms. The van der Waals surface area contributed by atoms with E-state index in [1.807, 2.05) is 0 Å². The number of ether oxygens (including phenoxy) is 1. The fourth-order valence-corrected chi connectivity index (χ4v) is 1.04. The number of benzene rings is 1. The van der Waals surface area contributed by atoms with Gasteiger partial charge in [0.2, 0.25) is 0 Å². The molecule has 0 aromatic heterocycles. The quantitative estimate of drug-likeness (QED) is 0.612. The summed E-state index contributed by atoms with van der Waals surface area (Å²) >= 11 is 0. The summed E-state index contributed by atoms with van der Waals surface area (Å²) < 4.78 is 41.9. The van der Waals surface area contributed by atoms with Crippen molar-refractivity contribution in [1.29, 1.82) is 0 Å². The summed E-state index contributed by atoms with van der Waals surface area (Å²) in [6.07, 6.45) is 0. The maximum atomic E-state index is 12.4. The fraction of sp³-hybridized carbons (Fsp3) is 0.250. The molecule has 0 amide bonds. The maximum Gasteiger partial charge on any atom is 1.00 e. The third kappa shape index (κ3) is 3.94. The molecule has 0 saturated heterocycles. The number of rotatable bonds is 3. The van der Waals surface area contributed by atoms with E-state index in [0.29, 0.717) is 0 Å². The molecule has 72 valence electrons. The van der Waals surface area contributed by atoms with E-state index >= 15 is 0 Å². The molecule has 0 unspecified atom stereocenters. The van der Waals surface area contributed by atoms with Crippen molar-refractivity contribution in [3.05, 3.63) is 24.3 Å². The molecule has 0 heterocycles. The molecule has 0 N–H and O–H groups in total. The molecule has 0 spiro atoms.